The summed E-state index contributed by atoms with van der Waals surface area (Å²) in [5, 5.41) is 0. The van der Waals surface area contributed by atoms with E-state index < -0.39 is 0 Å². The second kappa shape index (κ2) is 7.02. The quantitative estimate of drug-likeness (QED) is 0.561. The van der Waals surface area contributed by atoms with Crippen LogP contribution in [0.1, 0.15) is 22.3 Å². The molecule has 2 aromatic carbocycles. The first-order chi connectivity index (χ1) is 11.9. The second-order valence-electron chi connectivity index (χ2n) is 6.01. The predicted octanol–water partition coefficient (Wildman–Crippen LogP) is 5.03. The van der Waals surface area contributed by atoms with E-state index in [1.807, 2.05) is 63.2 Å². The minimum atomic E-state index is -0.0854. The summed E-state index contributed by atoms with van der Waals surface area (Å²) in [5.74, 6) is 0.719. The number of benzene rings is 2. The number of methoxy groups -OCH3 is 1. The number of nitrogens with zero attached hydrogens (tertiary/aromatic N) is 1. The van der Waals surface area contributed by atoms with Gasteiger partial charge in [0, 0.05) is 0 Å². The van der Waals surface area contributed by atoms with Gasteiger partial charge in [-0.15, -0.1) is 0 Å². The topological polar surface area (TPSA) is 29.5 Å². The van der Waals surface area contributed by atoms with Gasteiger partial charge in [0.05, 0.1) is 17.7 Å². The molecule has 0 radical (unpaired) electrons. The van der Waals surface area contributed by atoms with E-state index >= 15 is 0 Å². The number of hydrogen-bond donors (Lipinski definition) is 0. The molecule has 0 spiro atoms. The molecular formula is C20H19NO2S2. The Kier molecular flexibility index (Phi) is 4.97. The number of carbonyl (C=O) groups is 1. The summed E-state index contributed by atoms with van der Waals surface area (Å²) in [5.41, 5.74) is 5.12. The minimum Gasteiger partial charge on any atom is -0.496 e. The molecule has 0 atom stereocenters. The zero-order valence-corrected chi connectivity index (χ0v) is 16.3. The van der Waals surface area contributed by atoms with Crippen LogP contribution in [-0.4, -0.2) is 17.3 Å². The number of carbonyl (C=O) groups excluding carboxylic acids is 1. The van der Waals surface area contributed by atoms with Crippen molar-refractivity contribution in [3.05, 3.63) is 63.6 Å². The lowest BCUT2D eigenvalue weighted by atomic mass is 10.1. The van der Waals surface area contributed by atoms with Crippen LogP contribution < -0.4 is 9.64 Å². The fourth-order valence-corrected chi connectivity index (χ4v) is 3.93. The monoisotopic (exact) mass is 369 g/mol. The van der Waals surface area contributed by atoms with Crippen LogP contribution >= 0.6 is 24.0 Å². The Morgan fingerprint density at radius 1 is 1.04 bits per heavy atom. The molecule has 5 heteroatoms. The van der Waals surface area contributed by atoms with Gasteiger partial charge < -0.3 is 4.74 Å². The number of aryl methyl sites for hydroxylation is 3. The lowest BCUT2D eigenvalue weighted by Crippen LogP contribution is -2.27. The molecule has 1 aliphatic rings. The summed E-state index contributed by atoms with van der Waals surface area (Å²) < 4.78 is 5.91. The predicted molar refractivity (Wildman–Crippen MR) is 109 cm³/mol. The zero-order chi connectivity index (χ0) is 18.1. The van der Waals surface area contributed by atoms with Crippen LogP contribution in [0.25, 0.3) is 6.08 Å². The van der Waals surface area contributed by atoms with Gasteiger partial charge in [0.1, 0.15) is 5.75 Å². The van der Waals surface area contributed by atoms with Gasteiger partial charge in [-0.2, -0.15) is 0 Å². The minimum absolute atomic E-state index is 0.0854. The van der Waals surface area contributed by atoms with Crippen molar-refractivity contribution in [1.82, 2.24) is 0 Å². The van der Waals surface area contributed by atoms with Crippen LogP contribution in [0, 0.1) is 20.8 Å². The first-order valence-electron chi connectivity index (χ1n) is 7.90. The summed E-state index contributed by atoms with van der Waals surface area (Å²) in [6.07, 6.45) is 1.86. The van der Waals surface area contributed by atoms with Crippen LogP contribution in [0.5, 0.6) is 5.75 Å². The van der Waals surface area contributed by atoms with Crippen molar-refractivity contribution in [3.8, 4) is 5.75 Å². The van der Waals surface area contributed by atoms with Gasteiger partial charge in [-0.05, 0) is 67.3 Å². The van der Waals surface area contributed by atoms with Crippen molar-refractivity contribution < 1.29 is 9.53 Å². The molecule has 1 amide bonds. The van der Waals surface area contributed by atoms with Crippen molar-refractivity contribution in [2.75, 3.05) is 12.0 Å². The highest BCUT2D eigenvalue weighted by Gasteiger charge is 2.33. The number of anilines is 1. The Labute approximate surface area is 157 Å². The van der Waals surface area contributed by atoms with Crippen LogP contribution in [0.15, 0.2) is 41.3 Å². The molecule has 0 unspecified atom stereocenters. The van der Waals surface area contributed by atoms with Gasteiger partial charge in [0.2, 0.25) is 0 Å². The third-order valence-corrected chi connectivity index (χ3v) is 5.57. The molecule has 0 aromatic heterocycles. The van der Waals surface area contributed by atoms with Gasteiger partial charge in [-0.25, -0.2) is 0 Å². The number of thioether (sulfide) groups is 1. The van der Waals surface area contributed by atoms with E-state index in [1.165, 1.54) is 17.3 Å². The zero-order valence-electron chi connectivity index (χ0n) is 14.6. The molecule has 0 saturated carbocycles. The second-order valence-corrected chi connectivity index (χ2v) is 7.69. The number of rotatable bonds is 3. The van der Waals surface area contributed by atoms with Crippen molar-refractivity contribution in [2.45, 2.75) is 20.8 Å². The highest BCUT2D eigenvalue weighted by Crippen LogP contribution is 2.37. The molecule has 1 saturated heterocycles. The van der Waals surface area contributed by atoms with E-state index in [0.717, 1.165) is 28.1 Å². The van der Waals surface area contributed by atoms with Gasteiger partial charge in [0.15, 0.2) is 4.32 Å². The van der Waals surface area contributed by atoms with E-state index in [4.69, 9.17) is 17.0 Å². The maximum atomic E-state index is 12.9. The fourth-order valence-electron chi connectivity index (χ4n) is 2.63. The molecule has 0 N–H and O–H groups in total. The summed E-state index contributed by atoms with van der Waals surface area (Å²) in [4.78, 5) is 15.1. The molecule has 25 heavy (non-hydrogen) atoms. The van der Waals surface area contributed by atoms with E-state index in [0.29, 0.717) is 9.23 Å². The van der Waals surface area contributed by atoms with Crippen molar-refractivity contribution in [3.63, 3.8) is 0 Å². The highest BCUT2D eigenvalue weighted by atomic mass is 32.2. The van der Waals surface area contributed by atoms with Crippen LogP contribution in [-0.2, 0) is 4.79 Å². The Bertz CT molecular complexity index is 903. The SMILES string of the molecule is COc1cc(C=C2SC(=S)N(c3ccc(C)c(C)c3)C2=O)ccc1C. The fraction of sp³-hybridized carbons (Fsp3) is 0.200. The Hall–Kier alpha value is -2.11. The average Bonchev–Trinajstić information content (AvgIpc) is 2.86. The molecule has 2 aromatic rings. The molecule has 0 aliphatic carbocycles. The maximum absolute atomic E-state index is 12.9. The van der Waals surface area contributed by atoms with E-state index in [-0.39, 0.29) is 5.91 Å². The third-order valence-electron chi connectivity index (χ3n) is 4.27. The molecule has 128 valence electrons. The maximum Gasteiger partial charge on any atom is 0.270 e. The lowest BCUT2D eigenvalue weighted by molar-refractivity contribution is -0.113. The third kappa shape index (κ3) is 3.48. The van der Waals surface area contributed by atoms with Gasteiger partial charge in [0.25, 0.3) is 5.91 Å². The normalized spacial score (nSPS) is 16.0. The summed E-state index contributed by atoms with van der Waals surface area (Å²) in [6.45, 7) is 6.07. The van der Waals surface area contributed by atoms with Crippen LogP contribution in [0.3, 0.4) is 0 Å². The number of amides is 1. The van der Waals surface area contributed by atoms with E-state index in [2.05, 4.69) is 0 Å². The summed E-state index contributed by atoms with van der Waals surface area (Å²) in [7, 11) is 1.64. The first kappa shape index (κ1) is 17.7. The number of thiocarbonyl (C=S) groups is 1. The Morgan fingerprint density at radius 2 is 1.76 bits per heavy atom. The molecule has 1 aliphatic heterocycles. The van der Waals surface area contributed by atoms with Crippen molar-refractivity contribution >= 4 is 46.0 Å². The first-order valence-corrected chi connectivity index (χ1v) is 9.13. The number of hydrogen-bond acceptors (Lipinski definition) is 4. The van der Waals surface area contributed by atoms with Crippen LogP contribution in [0.4, 0.5) is 5.69 Å². The standard InChI is InChI=1S/C20H19NO2S2/c1-12-6-8-16(9-14(12)3)21-19(22)18(25-20(21)24)11-15-7-5-13(2)17(10-15)23-4/h5-11H,1-4H3. The Morgan fingerprint density at radius 3 is 2.44 bits per heavy atom. The largest absolute Gasteiger partial charge is 0.496 e. The van der Waals surface area contributed by atoms with Gasteiger partial charge in [-0.3, -0.25) is 9.69 Å². The molecule has 1 heterocycles. The van der Waals surface area contributed by atoms with E-state index in [1.54, 1.807) is 12.0 Å². The summed E-state index contributed by atoms with van der Waals surface area (Å²) in [6, 6.07) is 11.8. The lowest BCUT2D eigenvalue weighted by Gasteiger charge is -2.15. The summed E-state index contributed by atoms with van der Waals surface area (Å²) >= 11 is 6.77. The van der Waals surface area contributed by atoms with Crippen molar-refractivity contribution in [1.29, 1.82) is 0 Å². The van der Waals surface area contributed by atoms with Crippen molar-refractivity contribution in [2.24, 2.45) is 0 Å². The molecular weight excluding hydrogens is 350 g/mol. The van der Waals surface area contributed by atoms with Gasteiger partial charge >= 0.3 is 0 Å². The highest BCUT2D eigenvalue weighted by molar-refractivity contribution is 8.27. The van der Waals surface area contributed by atoms with E-state index in [9.17, 15) is 4.79 Å². The Balaban J connectivity index is 1.94. The smallest absolute Gasteiger partial charge is 0.270 e. The molecule has 3 rings (SSSR count). The molecule has 1 fully saturated rings. The number of ether oxygens (including phenoxy) is 1. The van der Waals surface area contributed by atoms with Gasteiger partial charge in [-0.1, -0.05) is 42.2 Å². The molecule has 0 bridgehead atoms. The molecule has 3 nitrogen and oxygen atoms in total. The average molecular weight is 370 g/mol. The van der Waals surface area contributed by atoms with Crippen LogP contribution in [0.2, 0.25) is 0 Å².